The third-order valence-corrected chi connectivity index (χ3v) is 8.49. The predicted molar refractivity (Wildman–Crippen MR) is 141 cm³/mol. The molecule has 1 heterocycles. The van der Waals surface area contributed by atoms with Crippen molar-refractivity contribution in [2.75, 3.05) is 18.6 Å². The molecule has 1 aliphatic heterocycles. The average molecular weight is 506 g/mol. The summed E-state index contributed by atoms with van der Waals surface area (Å²) in [6.07, 6.45) is 4.47. The molecular formula is C28H31N3O4S. The molecule has 188 valence electrons. The van der Waals surface area contributed by atoms with Gasteiger partial charge in [0.2, 0.25) is 10.0 Å². The lowest BCUT2D eigenvalue weighted by atomic mass is 9.79. The Morgan fingerprint density at radius 2 is 1.78 bits per heavy atom. The monoisotopic (exact) mass is 505 g/mol. The summed E-state index contributed by atoms with van der Waals surface area (Å²) in [6, 6.07) is 18.7. The van der Waals surface area contributed by atoms with Crippen LogP contribution in [0, 0.1) is 6.92 Å². The van der Waals surface area contributed by atoms with Crippen LogP contribution in [0.25, 0.3) is 11.1 Å². The van der Waals surface area contributed by atoms with Gasteiger partial charge in [-0.2, -0.15) is 0 Å². The molecule has 2 aliphatic rings. The van der Waals surface area contributed by atoms with Gasteiger partial charge >= 0.3 is 6.03 Å². The van der Waals surface area contributed by atoms with Crippen LogP contribution in [0.2, 0.25) is 0 Å². The quantitative estimate of drug-likeness (QED) is 0.517. The second-order valence-corrected chi connectivity index (χ2v) is 11.4. The molecular weight excluding hydrogens is 474 g/mol. The number of hydrogen-bond donors (Lipinski definition) is 2. The van der Waals surface area contributed by atoms with Crippen molar-refractivity contribution in [3.63, 3.8) is 0 Å². The first-order valence-corrected chi connectivity index (χ1v) is 13.7. The molecule has 0 unspecified atom stereocenters. The van der Waals surface area contributed by atoms with Gasteiger partial charge in [-0.15, -0.1) is 0 Å². The molecule has 5 rings (SSSR count). The topological polar surface area (TPSA) is 102 Å². The maximum atomic E-state index is 13.3. The zero-order chi connectivity index (χ0) is 25.5. The minimum absolute atomic E-state index is 0.0137. The summed E-state index contributed by atoms with van der Waals surface area (Å²) >= 11 is 0. The van der Waals surface area contributed by atoms with Gasteiger partial charge in [-0.1, -0.05) is 37.1 Å². The zero-order valence-electron chi connectivity index (χ0n) is 20.6. The van der Waals surface area contributed by atoms with Crippen LogP contribution in [0.5, 0.6) is 5.75 Å². The SMILES string of the molecule is COc1ccc(-c2ccc3c(c2)C2(CCCC2)CN3C(=O)NCc2ccc(S(N)(=O)=O)cc2)c(C)c1. The fourth-order valence-corrected chi connectivity index (χ4v) is 6.17. The van der Waals surface area contributed by atoms with E-state index in [0.29, 0.717) is 13.1 Å². The summed E-state index contributed by atoms with van der Waals surface area (Å²) in [5, 5.41) is 8.18. The standard InChI is InChI=1S/C28H31N3O4S/c1-19-15-22(35-2)8-11-24(19)21-7-12-26-25(16-21)28(13-3-4-14-28)18-31(26)27(32)30-17-20-5-9-23(10-6-20)36(29,33)34/h5-12,15-16H,3-4,13-14,17-18H2,1-2H3,(H,30,32)(H2,29,33,34). The molecule has 3 aromatic rings. The number of amides is 2. The number of rotatable bonds is 5. The lowest BCUT2D eigenvalue weighted by Gasteiger charge is -2.25. The number of ether oxygens (including phenoxy) is 1. The minimum atomic E-state index is -3.74. The number of hydrogen-bond acceptors (Lipinski definition) is 4. The highest BCUT2D eigenvalue weighted by Gasteiger charge is 2.46. The van der Waals surface area contributed by atoms with Gasteiger partial charge in [-0.05, 0) is 84.0 Å². The second kappa shape index (κ2) is 9.26. The van der Waals surface area contributed by atoms with Crippen molar-refractivity contribution in [3.05, 3.63) is 77.4 Å². The van der Waals surface area contributed by atoms with Crippen molar-refractivity contribution in [3.8, 4) is 16.9 Å². The third kappa shape index (κ3) is 4.47. The predicted octanol–water partition coefficient (Wildman–Crippen LogP) is 4.86. The number of nitrogens with two attached hydrogens (primary N) is 1. The van der Waals surface area contributed by atoms with Crippen molar-refractivity contribution >= 4 is 21.7 Å². The highest BCUT2D eigenvalue weighted by molar-refractivity contribution is 7.89. The summed E-state index contributed by atoms with van der Waals surface area (Å²) in [5.41, 5.74) is 6.47. The van der Waals surface area contributed by atoms with Crippen LogP contribution in [0.4, 0.5) is 10.5 Å². The third-order valence-electron chi connectivity index (χ3n) is 7.57. The number of fused-ring (bicyclic) bond motifs is 2. The Labute approximate surface area is 212 Å². The summed E-state index contributed by atoms with van der Waals surface area (Å²) in [7, 11) is -2.07. The molecule has 3 aromatic carbocycles. The molecule has 1 saturated carbocycles. The van der Waals surface area contributed by atoms with E-state index in [9.17, 15) is 13.2 Å². The number of methoxy groups -OCH3 is 1. The molecule has 1 fully saturated rings. The molecule has 36 heavy (non-hydrogen) atoms. The van der Waals surface area contributed by atoms with Crippen LogP contribution in [0.3, 0.4) is 0 Å². The smallest absolute Gasteiger partial charge is 0.322 e. The van der Waals surface area contributed by atoms with Crippen molar-refractivity contribution in [2.45, 2.75) is 49.5 Å². The molecule has 3 N–H and O–H groups in total. The van der Waals surface area contributed by atoms with E-state index in [0.717, 1.165) is 59.4 Å². The summed E-state index contributed by atoms with van der Waals surface area (Å²) in [4.78, 5) is 15.2. The van der Waals surface area contributed by atoms with Gasteiger partial charge in [0.25, 0.3) is 0 Å². The van der Waals surface area contributed by atoms with E-state index >= 15 is 0 Å². The van der Waals surface area contributed by atoms with Crippen molar-refractivity contribution in [1.82, 2.24) is 5.32 Å². The fourth-order valence-electron chi connectivity index (χ4n) is 5.65. The number of nitrogens with zero attached hydrogens (tertiary/aromatic N) is 1. The second-order valence-electron chi connectivity index (χ2n) is 9.83. The number of aryl methyl sites for hydroxylation is 1. The van der Waals surface area contributed by atoms with Crippen LogP contribution in [-0.4, -0.2) is 28.1 Å². The lowest BCUT2D eigenvalue weighted by molar-refractivity contribution is 0.245. The highest BCUT2D eigenvalue weighted by Crippen LogP contribution is 2.51. The highest BCUT2D eigenvalue weighted by atomic mass is 32.2. The molecule has 0 bridgehead atoms. The van der Waals surface area contributed by atoms with Gasteiger partial charge < -0.3 is 10.1 Å². The molecule has 1 spiro atoms. The number of benzene rings is 3. The fraction of sp³-hybridized carbons (Fsp3) is 0.321. The maximum Gasteiger partial charge on any atom is 0.322 e. The number of carbonyl (C=O) groups is 1. The van der Waals surface area contributed by atoms with Crippen LogP contribution >= 0.6 is 0 Å². The van der Waals surface area contributed by atoms with Crippen molar-refractivity contribution < 1.29 is 17.9 Å². The van der Waals surface area contributed by atoms with Crippen LogP contribution < -0.4 is 20.1 Å². The maximum absolute atomic E-state index is 13.3. The van der Waals surface area contributed by atoms with Crippen molar-refractivity contribution in [1.29, 1.82) is 0 Å². The molecule has 0 radical (unpaired) electrons. The first kappa shape index (κ1) is 24.3. The van der Waals surface area contributed by atoms with Crippen LogP contribution in [-0.2, 0) is 22.0 Å². The Balaban J connectivity index is 1.40. The molecule has 0 atom stereocenters. The molecule has 2 amide bonds. The van der Waals surface area contributed by atoms with Gasteiger partial charge in [0, 0.05) is 24.2 Å². The van der Waals surface area contributed by atoms with E-state index in [1.807, 2.05) is 17.0 Å². The molecule has 1 aliphatic carbocycles. The van der Waals surface area contributed by atoms with E-state index in [1.165, 1.54) is 17.7 Å². The molecule has 0 aromatic heterocycles. The van der Waals surface area contributed by atoms with Gasteiger partial charge in [-0.25, -0.2) is 18.4 Å². The Hall–Kier alpha value is -3.36. The van der Waals surface area contributed by atoms with Crippen molar-refractivity contribution in [2.24, 2.45) is 5.14 Å². The first-order valence-electron chi connectivity index (χ1n) is 12.2. The van der Waals surface area contributed by atoms with Gasteiger partial charge in [0.05, 0.1) is 12.0 Å². The average Bonchev–Trinajstić information content (AvgIpc) is 3.47. The summed E-state index contributed by atoms with van der Waals surface area (Å²) < 4.78 is 28.3. The number of urea groups is 1. The number of sulfonamides is 1. The van der Waals surface area contributed by atoms with E-state index < -0.39 is 10.0 Å². The van der Waals surface area contributed by atoms with Gasteiger partial charge in [-0.3, -0.25) is 4.90 Å². The Kier molecular flexibility index (Phi) is 6.26. The first-order chi connectivity index (χ1) is 17.2. The van der Waals surface area contributed by atoms with Crippen LogP contribution in [0.1, 0.15) is 42.4 Å². The Bertz CT molecular complexity index is 1410. The van der Waals surface area contributed by atoms with Crippen LogP contribution in [0.15, 0.2) is 65.6 Å². The normalized spacial score (nSPS) is 16.2. The number of primary sulfonamides is 1. The van der Waals surface area contributed by atoms with E-state index in [1.54, 1.807) is 19.2 Å². The van der Waals surface area contributed by atoms with E-state index in [2.05, 4.69) is 36.5 Å². The number of anilines is 1. The Morgan fingerprint density at radius 3 is 2.42 bits per heavy atom. The largest absolute Gasteiger partial charge is 0.497 e. The van der Waals surface area contributed by atoms with E-state index in [4.69, 9.17) is 9.88 Å². The summed E-state index contributed by atoms with van der Waals surface area (Å²) in [5.74, 6) is 0.840. The number of carbonyl (C=O) groups excluding carboxylic acids is 1. The Morgan fingerprint density at radius 1 is 1.06 bits per heavy atom. The molecule has 0 saturated heterocycles. The molecule has 8 heteroatoms. The minimum Gasteiger partial charge on any atom is -0.497 e. The van der Waals surface area contributed by atoms with Gasteiger partial charge in [0.1, 0.15) is 5.75 Å². The number of nitrogens with one attached hydrogen (secondary N) is 1. The molecule has 7 nitrogen and oxygen atoms in total. The van der Waals surface area contributed by atoms with E-state index in [-0.39, 0.29) is 16.3 Å². The van der Waals surface area contributed by atoms with Gasteiger partial charge in [0.15, 0.2) is 0 Å². The summed E-state index contributed by atoms with van der Waals surface area (Å²) in [6.45, 7) is 3.06. The lowest BCUT2D eigenvalue weighted by Crippen LogP contribution is -2.41. The zero-order valence-corrected chi connectivity index (χ0v) is 21.4.